The molecule has 18 heavy (non-hydrogen) atoms. The highest BCUT2D eigenvalue weighted by molar-refractivity contribution is 5.45. The van der Waals surface area contributed by atoms with Crippen LogP contribution >= 0.6 is 0 Å². The number of aromatic amines is 1. The number of hydrogen-bond acceptors (Lipinski definition) is 5. The Hall–Kier alpha value is -1.89. The summed E-state index contributed by atoms with van der Waals surface area (Å²) in [6.45, 7) is 2.66. The van der Waals surface area contributed by atoms with Gasteiger partial charge in [0.15, 0.2) is 5.65 Å². The van der Waals surface area contributed by atoms with Crippen LogP contribution in [-0.4, -0.2) is 39.4 Å². The van der Waals surface area contributed by atoms with Crippen molar-refractivity contribution in [2.24, 2.45) is 11.7 Å². The zero-order chi connectivity index (χ0) is 12.5. The van der Waals surface area contributed by atoms with Gasteiger partial charge in [-0.3, -0.25) is 0 Å². The molecule has 1 aliphatic rings. The van der Waals surface area contributed by atoms with Crippen LogP contribution in [0, 0.1) is 5.92 Å². The van der Waals surface area contributed by atoms with Crippen molar-refractivity contribution in [3.8, 4) is 0 Å². The lowest BCUT2D eigenvalue weighted by Gasteiger charge is -2.16. The molecule has 0 spiro atoms. The van der Waals surface area contributed by atoms with E-state index in [0.717, 1.165) is 38.3 Å². The van der Waals surface area contributed by atoms with Crippen LogP contribution in [0.1, 0.15) is 12.8 Å². The van der Waals surface area contributed by atoms with Crippen LogP contribution in [0.3, 0.4) is 0 Å². The van der Waals surface area contributed by atoms with Gasteiger partial charge in [-0.25, -0.2) is 9.89 Å². The molecule has 7 nitrogen and oxygen atoms in total. The van der Waals surface area contributed by atoms with E-state index in [2.05, 4.69) is 20.2 Å². The average Bonchev–Trinajstić information content (AvgIpc) is 2.98. The molecule has 3 N–H and O–H groups in total. The van der Waals surface area contributed by atoms with Gasteiger partial charge in [0.1, 0.15) is 5.82 Å². The van der Waals surface area contributed by atoms with Crippen molar-refractivity contribution in [1.29, 1.82) is 0 Å². The number of rotatable bonds is 3. The Bertz CT molecular complexity index is 603. The van der Waals surface area contributed by atoms with Gasteiger partial charge in [0, 0.05) is 13.1 Å². The van der Waals surface area contributed by atoms with Gasteiger partial charge in [0.05, 0.1) is 0 Å². The van der Waals surface area contributed by atoms with Gasteiger partial charge < -0.3 is 10.6 Å². The molecule has 1 unspecified atom stereocenters. The van der Waals surface area contributed by atoms with Crippen molar-refractivity contribution in [1.82, 2.24) is 19.8 Å². The number of nitrogens with zero attached hydrogens (tertiary/aromatic N) is 4. The molecule has 0 aromatic carbocycles. The fourth-order valence-corrected chi connectivity index (χ4v) is 2.47. The lowest BCUT2D eigenvalue weighted by atomic mass is 10.1. The first-order chi connectivity index (χ1) is 8.78. The second-order valence-electron chi connectivity index (χ2n) is 4.67. The third-order valence-electron chi connectivity index (χ3n) is 3.44. The van der Waals surface area contributed by atoms with E-state index in [1.54, 1.807) is 6.07 Å². The number of nitrogens with two attached hydrogens (primary N) is 1. The maximum absolute atomic E-state index is 11.5. The summed E-state index contributed by atoms with van der Waals surface area (Å²) in [7, 11) is 0. The Morgan fingerprint density at radius 1 is 1.50 bits per heavy atom. The highest BCUT2D eigenvalue weighted by Crippen LogP contribution is 2.23. The molecule has 1 atom stereocenters. The largest absolute Gasteiger partial charge is 0.364 e. The summed E-state index contributed by atoms with van der Waals surface area (Å²) in [6.07, 6.45) is 2.18. The monoisotopic (exact) mass is 248 g/mol. The summed E-state index contributed by atoms with van der Waals surface area (Å²) in [4.78, 5) is 13.7. The molecule has 1 saturated heterocycles. The quantitative estimate of drug-likeness (QED) is 0.770. The molecule has 96 valence electrons. The molecular formula is C11H16N6O. The Kier molecular flexibility index (Phi) is 2.75. The van der Waals surface area contributed by atoms with E-state index in [0.29, 0.717) is 11.6 Å². The fourth-order valence-electron chi connectivity index (χ4n) is 2.47. The van der Waals surface area contributed by atoms with Crippen LogP contribution in [-0.2, 0) is 0 Å². The topological polar surface area (TPSA) is 92.3 Å². The number of H-pyrrole nitrogens is 1. The number of fused-ring (bicyclic) bond motifs is 1. The SMILES string of the molecule is NCCC1CCN(c2ccc3n[nH]c(=O)n3n2)C1. The van der Waals surface area contributed by atoms with Crippen molar-refractivity contribution in [3.05, 3.63) is 22.6 Å². The summed E-state index contributed by atoms with van der Waals surface area (Å²) in [6, 6.07) is 3.71. The molecule has 0 saturated carbocycles. The second kappa shape index (κ2) is 4.41. The van der Waals surface area contributed by atoms with E-state index >= 15 is 0 Å². The van der Waals surface area contributed by atoms with Gasteiger partial charge in [0.25, 0.3) is 0 Å². The Morgan fingerprint density at radius 3 is 3.22 bits per heavy atom. The molecule has 0 amide bonds. The molecule has 1 aliphatic heterocycles. The van der Waals surface area contributed by atoms with E-state index in [1.165, 1.54) is 4.52 Å². The molecule has 1 fully saturated rings. The molecule has 0 bridgehead atoms. The van der Waals surface area contributed by atoms with Gasteiger partial charge >= 0.3 is 5.69 Å². The first kappa shape index (κ1) is 11.2. The maximum atomic E-state index is 11.5. The second-order valence-corrected chi connectivity index (χ2v) is 4.67. The van der Waals surface area contributed by atoms with Gasteiger partial charge in [-0.05, 0) is 37.4 Å². The summed E-state index contributed by atoms with van der Waals surface area (Å²) in [5.74, 6) is 1.46. The van der Waals surface area contributed by atoms with Crippen LogP contribution in [0.15, 0.2) is 16.9 Å². The van der Waals surface area contributed by atoms with Gasteiger partial charge in [-0.1, -0.05) is 0 Å². The zero-order valence-corrected chi connectivity index (χ0v) is 10.0. The third kappa shape index (κ3) is 1.86. The van der Waals surface area contributed by atoms with Crippen molar-refractivity contribution in [2.75, 3.05) is 24.5 Å². The maximum Gasteiger partial charge on any atom is 0.364 e. The minimum Gasteiger partial charge on any atom is -0.355 e. The highest BCUT2D eigenvalue weighted by atomic mass is 16.2. The van der Waals surface area contributed by atoms with Gasteiger partial charge in [-0.2, -0.15) is 9.61 Å². The molecule has 2 aromatic heterocycles. The minimum atomic E-state index is -0.301. The summed E-state index contributed by atoms with van der Waals surface area (Å²) in [5.41, 5.74) is 5.82. The fraction of sp³-hybridized carbons (Fsp3) is 0.545. The van der Waals surface area contributed by atoms with Crippen LogP contribution < -0.4 is 16.3 Å². The van der Waals surface area contributed by atoms with E-state index in [4.69, 9.17) is 5.73 Å². The van der Waals surface area contributed by atoms with Crippen molar-refractivity contribution in [3.63, 3.8) is 0 Å². The van der Waals surface area contributed by atoms with Crippen molar-refractivity contribution in [2.45, 2.75) is 12.8 Å². The van der Waals surface area contributed by atoms with Crippen LogP contribution in [0.2, 0.25) is 0 Å². The number of aromatic nitrogens is 4. The normalized spacial score (nSPS) is 19.8. The first-order valence-corrected chi connectivity index (χ1v) is 6.17. The lowest BCUT2D eigenvalue weighted by Crippen LogP contribution is -2.23. The molecule has 3 heterocycles. The Balaban J connectivity index is 1.86. The first-order valence-electron chi connectivity index (χ1n) is 6.17. The molecule has 2 aromatic rings. The van der Waals surface area contributed by atoms with Crippen LogP contribution in [0.4, 0.5) is 5.82 Å². The summed E-state index contributed by atoms with van der Waals surface area (Å²) < 4.78 is 1.30. The predicted molar refractivity (Wildman–Crippen MR) is 67.6 cm³/mol. The highest BCUT2D eigenvalue weighted by Gasteiger charge is 2.23. The van der Waals surface area contributed by atoms with Crippen molar-refractivity contribution < 1.29 is 0 Å². The zero-order valence-electron chi connectivity index (χ0n) is 10.0. The van der Waals surface area contributed by atoms with Gasteiger partial charge in [0.2, 0.25) is 0 Å². The molecule has 0 aliphatic carbocycles. The Labute approximate surface area is 104 Å². The molecule has 3 rings (SSSR count). The Morgan fingerprint density at radius 2 is 2.39 bits per heavy atom. The number of hydrogen-bond donors (Lipinski definition) is 2. The van der Waals surface area contributed by atoms with E-state index in [9.17, 15) is 4.79 Å². The predicted octanol–water partition coefficient (Wildman–Crippen LogP) is -0.407. The molecule has 0 radical (unpaired) electrons. The molecular weight excluding hydrogens is 232 g/mol. The third-order valence-corrected chi connectivity index (χ3v) is 3.44. The van der Waals surface area contributed by atoms with Crippen LogP contribution in [0.5, 0.6) is 0 Å². The summed E-state index contributed by atoms with van der Waals surface area (Å²) in [5, 5.41) is 10.6. The van der Waals surface area contributed by atoms with E-state index in [-0.39, 0.29) is 5.69 Å². The van der Waals surface area contributed by atoms with Crippen molar-refractivity contribution >= 4 is 11.5 Å². The van der Waals surface area contributed by atoms with Crippen LogP contribution in [0.25, 0.3) is 5.65 Å². The van der Waals surface area contributed by atoms with E-state index in [1.807, 2.05) is 6.07 Å². The number of nitrogens with one attached hydrogen (secondary N) is 1. The van der Waals surface area contributed by atoms with Gasteiger partial charge in [-0.15, -0.1) is 5.10 Å². The smallest absolute Gasteiger partial charge is 0.355 e. The molecule has 7 heteroatoms. The minimum absolute atomic E-state index is 0.301. The number of anilines is 1. The van der Waals surface area contributed by atoms with E-state index < -0.39 is 0 Å². The average molecular weight is 248 g/mol. The standard InChI is InChI=1S/C11H16N6O/c12-5-3-8-4-6-16(7-8)10-2-1-9-13-14-11(18)17(9)15-10/h1-2,8H,3-7,12H2,(H,14,18). The summed E-state index contributed by atoms with van der Waals surface area (Å²) >= 11 is 0. The lowest BCUT2D eigenvalue weighted by molar-refractivity contribution is 0.546.